The first kappa shape index (κ1) is 9.41. The fourth-order valence-corrected chi connectivity index (χ4v) is 1.25. The Bertz CT molecular complexity index is 236. The van der Waals surface area contributed by atoms with Gasteiger partial charge in [0.1, 0.15) is 11.6 Å². The van der Waals surface area contributed by atoms with E-state index >= 15 is 0 Å². The number of aromatic nitrogens is 2. The van der Waals surface area contributed by atoms with Crippen LogP contribution in [0.5, 0.6) is 0 Å². The normalized spacial score (nSPS) is 10.9. The van der Waals surface area contributed by atoms with Gasteiger partial charge in [-0.05, 0) is 5.92 Å². The number of hydrogen-bond acceptors (Lipinski definition) is 5. The molecule has 1 rings (SSSR count). The Morgan fingerprint density at radius 3 is 2.75 bits per heavy atom. The third kappa shape index (κ3) is 3.15. The van der Waals surface area contributed by atoms with Gasteiger partial charge in [0.15, 0.2) is 0 Å². The first-order valence-electron chi connectivity index (χ1n) is 3.84. The molecule has 0 amide bonds. The minimum Gasteiger partial charge on any atom is -0.374 e. The summed E-state index contributed by atoms with van der Waals surface area (Å²) in [5.41, 5.74) is 5.40. The van der Waals surface area contributed by atoms with Crippen LogP contribution in [0.3, 0.4) is 0 Å². The van der Waals surface area contributed by atoms with Crippen LogP contribution in [0.15, 0.2) is 0 Å². The Balaban J connectivity index is 2.24. The van der Waals surface area contributed by atoms with Gasteiger partial charge in [-0.1, -0.05) is 25.2 Å². The van der Waals surface area contributed by atoms with Crippen molar-refractivity contribution in [1.82, 2.24) is 10.2 Å². The first-order chi connectivity index (χ1) is 5.68. The predicted octanol–water partition coefficient (Wildman–Crippen LogP) is 1.29. The lowest BCUT2D eigenvalue weighted by molar-refractivity contribution is 0.0965. The molecular formula is C7H13N3OS. The summed E-state index contributed by atoms with van der Waals surface area (Å²) in [6.45, 7) is 5.48. The minimum atomic E-state index is 0.498. The van der Waals surface area contributed by atoms with Gasteiger partial charge in [-0.2, -0.15) is 0 Å². The Labute approximate surface area is 75.8 Å². The number of nitrogen functional groups attached to an aromatic ring is 1. The molecule has 0 radical (unpaired) electrons. The molecule has 0 aliphatic carbocycles. The van der Waals surface area contributed by atoms with E-state index < -0.39 is 0 Å². The molecule has 4 nitrogen and oxygen atoms in total. The summed E-state index contributed by atoms with van der Waals surface area (Å²) in [6.07, 6.45) is 0. The fraction of sp³-hybridized carbons (Fsp3) is 0.714. The summed E-state index contributed by atoms with van der Waals surface area (Å²) < 4.78 is 5.35. The van der Waals surface area contributed by atoms with Crippen molar-refractivity contribution in [3.63, 3.8) is 0 Å². The molecule has 1 aromatic rings. The molecule has 2 N–H and O–H groups in total. The molecule has 0 saturated carbocycles. The summed E-state index contributed by atoms with van der Waals surface area (Å²) in [5.74, 6) is 0.551. The highest BCUT2D eigenvalue weighted by molar-refractivity contribution is 7.15. The highest BCUT2D eigenvalue weighted by Crippen LogP contribution is 2.11. The average molecular weight is 187 g/mol. The van der Waals surface area contributed by atoms with E-state index in [1.807, 2.05) is 0 Å². The molecule has 0 atom stereocenters. The first-order valence-corrected chi connectivity index (χ1v) is 4.65. The van der Waals surface area contributed by atoms with Crippen LogP contribution in [0.4, 0.5) is 5.13 Å². The lowest BCUT2D eigenvalue weighted by atomic mass is 10.2. The predicted molar refractivity (Wildman–Crippen MR) is 48.8 cm³/mol. The largest absolute Gasteiger partial charge is 0.374 e. The second kappa shape index (κ2) is 4.37. The molecule has 1 aromatic heterocycles. The van der Waals surface area contributed by atoms with Crippen LogP contribution in [-0.2, 0) is 11.3 Å². The van der Waals surface area contributed by atoms with Gasteiger partial charge in [0.25, 0.3) is 0 Å². The third-order valence-corrected chi connectivity index (χ3v) is 1.89. The van der Waals surface area contributed by atoms with E-state index in [0.717, 1.165) is 11.6 Å². The Hall–Kier alpha value is -0.680. The molecule has 12 heavy (non-hydrogen) atoms. The highest BCUT2D eigenvalue weighted by Gasteiger charge is 2.01. The maximum Gasteiger partial charge on any atom is 0.203 e. The number of ether oxygens (including phenoxy) is 1. The molecule has 0 bridgehead atoms. The smallest absolute Gasteiger partial charge is 0.203 e. The number of nitrogens with zero attached hydrogens (tertiary/aromatic N) is 2. The van der Waals surface area contributed by atoms with Crippen molar-refractivity contribution in [2.45, 2.75) is 20.5 Å². The molecule has 0 unspecified atom stereocenters. The lowest BCUT2D eigenvalue weighted by Gasteiger charge is -2.03. The van der Waals surface area contributed by atoms with Crippen LogP contribution in [0.1, 0.15) is 18.9 Å². The van der Waals surface area contributed by atoms with E-state index in [1.165, 1.54) is 11.3 Å². The molecule has 0 saturated heterocycles. The Morgan fingerprint density at radius 2 is 2.25 bits per heavy atom. The number of anilines is 1. The second-order valence-electron chi connectivity index (χ2n) is 2.94. The summed E-state index contributed by atoms with van der Waals surface area (Å²) in [4.78, 5) is 0. The van der Waals surface area contributed by atoms with Crippen LogP contribution in [-0.4, -0.2) is 16.8 Å². The monoisotopic (exact) mass is 187 g/mol. The zero-order valence-corrected chi connectivity index (χ0v) is 8.10. The third-order valence-electron chi connectivity index (χ3n) is 1.16. The molecule has 0 aliphatic rings. The molecule has 0 spiro atoms. The summed E-state index contributed by atoms with van der Waals surface area (Å²) >= 11 is 1.37. The van der Waals surface area contributed by atoms with Gasteiger partial charge in [-0.25, -0.2) is 0 Å². The van der Waals surface area contributed by atoms with E-state index in [-0.39, 0.29) is 0 Å². The fourth-order valence-electron chi connectivity index (χ4n) is 0.707. The Kier molecular flexibility index (Phi) is 3.43. The van der Waals surface area contributed by atoms with E-state index in [2.05, 4.69) is 24.0 Å². The molecule has 0 aromatic carbocycles. The van der Waals surface area contributed by atoms with Gasteiger partial charge >= 0.3 is 0 Å². The highest BCUT2D eigenvalue weighted by atomic mass is 32.1. The quantitative estimate of drug-likeness (QED) is 0.771. The molecule has 0 aliphatic heterocycles. The van der Waals surface area contributed by atoms with Crippen LogP contribution >= 0.6 is 11.3 Å². The summed E-state index contributed by atoms with van der Waals surface area (Å²) in [7, 11) is 0. The van der Waals surface area contributed by atoms with E-state index in [4.69, 9.17) is 10.5 Å². The standard InChI is InChI=1S/C7H13N3OS/c1-5(2)3-11-4-6-9-10-7(8)12-6/h5H,3-4H2,1-2H3,(H2,8,10). The van der Waals surface area contributed by atoms with Crippen LogP contribution in [0, 0.1) is 5.92 Å². The van der Waals surface area contributed by atoms with Crippen LogP contribution < -0.4 is 5.73 Å². The summed E-state index contributed by atoms with van der Waals surface area (Å²) in [5, 5.41) is 8.85. The number of rotatable bonds is 4. The molecule has 68 valence electrons. The van der Waals surface area contributed by atoms with Crippen molar-refractivity contribution in [1.29, 1.82) is 0 Å². The summed E-state index contributed by atoms with van der Waals surface area (Å²) in [6, 6.07) is 0. The van der Waals surface area contributed by atoms with Gasteiger partial charge < -0.3 is 10.5 Å². The van der Waals surface area contributed by atoms with Crippen molar-refractivity contribution < 1.29 is 4.74 Å². The van der Waals surface area contributed by atoms with E-state index in [0.29, 0.717) is 17.7 Å². The van der Waals surface area contributed by atoms with Crippen molar-refractivity contribution in [3.8, 4) is 0 Å². The molecular weight excluding hydrogens is 174 g/mol. The second-order valence-corrected chi connectivity index (χ2v) is 4.04. The topological polar surface area (TPSA) is 61.0 Å². The van der Waals surface area contributed by atoms with Crippen molar-refractivity contribution in [2.75, 3.05) is 12.3 Å². The number of nitrogens with two attached hydrogens (primary N) is 1. The van der Waals surface area contributed by atoms with Gasteiger partial charge in [0, 0.05) is 6.61 Å². The van der Waals surface area contributed by atoms with Gasteiger partial charge in [-0.3, -0.25) is 0 Å². The minimum absolute atomic E-state index is 0.498. The Morgan fingerprint density at radius 1 is 1.50 bits per heavy atom. The average Bonchev–Trinajstić information content (AvgIpc) is 2.35. The van der Waals surface area contributed by atoms with E-state index in [1.54, 1.807) is 0 Å². The van der Waals surface area contributed by atoms with Crippen molar-refractivity contribution in [2.24, 2.45) is 5.92 Å². The van der Waals surface area contributed by atoms with Crippen LogP contribution in [0.2, 0.25) is 0 Å². The molecule has 5 heteroatoms. The van der Waals surface area contributed by atoms with Gasteiger partial charge in [-0.15, -0.1) is 10.2 Å². The van der Waals surface area contributed by atoms with E-state index in [9.17, 15) is 0 Å². The van der Waals surface area contributed by atoms with Crippen molar-refractivity contribution in [3.05, 3.63) is 5.01 Å². The van der Waals surface area contributed by atoms with Crippen LogP contribution in [0.25, 0.3) is 0 Å². The zero-order chi connectivity index (χ0) is 8.97. The maximum absolute atomic E-state index is 5.40. The van der Waals surface area contributed by atoms with Gasteiger partial charge in [0.05, 0.1) is 0 Å². The zero-order valence-electron chi connectivity index (χ0n) is 7.28. The molecule has 1 heterocycles. The SMILES string of the molecule is CC(C)COCc1nnc(N)s1. The lowest BCUT2D eigenvalue weighted by Crippen LogP contribution is -2.01. The van der Waals surface area contributed by atoms with Gasteiger partial charge in [0.2, 0.25) is 5.13 Å². The molecule has 0 fully saturated rings. The number of hydrogen-bond donors (Lipinski definition) is 1. The maximum atomic E-state index is 5.40. The van der Waals surface area contributed by atoms with Crippen molar-refractivity contribution >= 4 is 16.5 Å².